The van der Waals surface area contributed by atoms with Gasteiger partial charge in [-0.2, -0.15) is 5.10 Å². The Labute approximate surface area is 167 Å². The molecule has 0 aliphatic rings. The average Bonchev–Trinajstić information content (AvgIpc) is 3.11. The zero-order valence-electron chi connectivity index (χ0n) is 16.5. The van der Waals surface area contributed by atoms with E-state index in [-0.39, 0.29) is 12.6 Å². The third-order valence-corrected chi connectivity index (χ3v) is 4.98. The topological polar surface area (TPSA) is 97.1 Å². The van der Waals surface area contributed by atoms with Gasteiger partial charge >= 0.3 is 5.97 Å². The first-order chi connectivity index (χ1) is 13.8. The number of carbonyl (C=O) groups is 2. The standard InChI is InChI=1S/C21H23FN4O3/c1-4-13(3)26-19-18(11-24-26)16(9-12(2)25-19)20(27)23-10-17(21(28)29)14-5-7-15(22)8-6-14/h5-9,11,13,17H,4,10H2,1-3H3,(H,23,27)(H,28,29). The third-order valence-electron chi connectivity index (χ3n) is 4.98. The number of hydrogen-bond acceptors (Lipinski definition) is 4. The number of amides is 1. The van der Waals surface area contributed by atoms with Crippen molar-refractivity contribution in [1.82, 2.24) is 20.1 Å². The fourth-order valence-electron chi connectivity index (χ4n) is 3.16. The summed E-state index contributed by atoms with van der Waals surface area (Å²) in [4.78, 5) is 29.0. The number of fused-ring (bicyclic) bond motifs is 1. The first-order valence-corrected chi connectivity index (χ1v) is 9.43. The zero-order valence-corrected chi connectivity index (χ0v) is 16.5. The number of aromatic nitrogens is 3. The molecule has 2 unspecified atom stereocenters. The number of pyridine rings is 1. The normalized spacial score (nSPS) is 13.2. The number of aryl methyl sites for hydroxylation is 1. The van der Waals surface area contributed by atoms with E-state index in [4.69, 9.17) is 0 Å². The van der Waals surface area contributed by atoms with E-state index in [1.54, 1.807) is 23.9 Å². The van der Waals surface area contributed by atoms with Gasteiger partial charge in [-0.3, -0.25) is 9.59 Å². The molecule has 8 heteroatoms. The molecule has 3 aromatic rings. The Morgan fingerprint density at radius 2 is 1.97 bits per heavy atom. The van der Waals surface area contributed by atoms with Gasteiger partial charge in [-0.15, -0.1) is 0 Å². The molecule has 152 valence electrons. The number of nitrogens with one attached hydrogen (secondary N) is 1. The predicted octanol–water partition coefficient (Wildman–Crippen LogP) is 3.45. The van der Waals surface area contributed by atoms with Crippen LogP contribution >= 0.6 is 0 Å². The van der Waals surface area contributed by atoms with Crippen LogP contribution in [0.4, 0.5) is 4.39 Å². The number of carboxylic acid groups (broad SMARTS) is 1. The summed E-state index contributed by atoms with van der Waals surface area (Å²) in [6, 6.07) is 7.01. The average molecular weight is 398 g/mol. The van der Waals surface area contributed by atoms with E-state index in [1.807, 2.05) is 13.8 Å². The highest BCUT2D eigenvalue weighted by atomic mass is 19.1. The highest BCUT2D eigenvalue weighted by molar-refractivity contribution is 6.05. The van der Waals surface area contributed by atoms with E-state index in [0.29, 0.717) is 27.9 Å². The van der Waals surface area contributed by atoms with Gasteiger partial charge in [0.25, 0.3) is 5.91 Å². The maximum atomic E-state index is 13.1. The summed E-state index contributed by atoms with van der Waals surface area (Å²) in [6.07, 6.45) is 2.48. The van der Waals surface area contributed by atoms with E-state index in [1.165, 1.54) is 24.3 Å². The summed E-state index contributed by atoms with van der Waals surface area (Å²) in [5.41, 5.74) is 2.10. The first kappa shape index (κ1) is 20.4. The Balaban J connectivity index is 1.86. The number of nitrogens with zero attached hydrogens (tertiary/aromatic N) is 3. The van der Waals surface area contributed by atoms with Gasteiger partial charge in [-0.05, 0) is 44.0 Å². The van der Waals surface area contributed by atoms with Crippen molar-refractivity contribution >= 4 is 22.9 Å². The summed E-state index contributed by atoms with van der Waals surface area (Å²) >= 11 is 0. The van der Waals surface area contributed by atoms with Crippen LogP contribution in [-0.2, 0) is 4.79 Å². The molecule has 2 atom stereocenters. The van der Waals surface area contributed by atoms with Crippen molar-refractivity contribution in [2.75, 3.05) is 6.54 Å². The van der Waals surface area contributed by atoms with Crippen molar-refractivity contribution in [3.8, 4) is 0 Å². The molecule has 29 heavy (non-hydrogen) atoms. The number of carboxylic acids is 1. The third kappa shape index (κ3) is 4.26. The molecule has 3 rings (SSSR count). The van der Waals surface area contributed by atoms with Crippen molar-refractivity contribution in [2.24, 2.45) is 0 Å². The van der Waals surface area contributed by atoms with E-state index in [2.05, 4.69) is 15.4 Å². The largest absolute Gasteiger partial charge is 0.481 e. The number of benzene rings is 1. The van der Waals surface area contributed by atoms with Crippen LogP contribution in [0.15, 0.2) is 36.5 Å². The van der Waals surface area contributed by atoms with E-state index < -0.39 is 23.6 Å². The van der Waals surface area contributed by atoms with Crippen LogP contribution < -0.4 is 5.32 Å². The first-order valence-electron chi connectivity index (χ1n) is 9.43. The predicted molar refractivity (Wildman–Crippen MR) is 106 cm³/mol. The van der Waals surface area contributed by atoms with E-state index in [0.717, 1.165) is 6.42 Å². The Bertz CT molecular complexity index is 1050. The van der Waals surface area contributed by atoms with Crippen LogP contribution in [0.25, 0.3) is 11.0 Å². The van der Waals surface area contributed by atoms with E-state index in [9.17, 15) is 19.1 Å². The molecular weight excluding hydrogens is 375 g/mol. The summed E-state index contributed by atoms with van der Waals surface area (Å²) in [5, 5.41) is 17.2. The smallest absolute Gasteiger partial charge is 0.312 e. The highest BCUT2D eigenvalue weighted by Crippen LogP contribution is 2.23. The molecule has 0 bridgehead atoms. The van der Waals surface area contributed by atoms with Gasteiger partial charge in [-0.25, -0.2) is 14.1 Å². The number of aliphatic carboxylic acids is 1. The Hall–Kier alpha value is -3.29. The monoisotopic (exact) mass is 398 g/mol. The van der Waals surface area contributed by atoms with Gasteiger partial charge in [0.05, 0.1) is 29.1 Å². The highest BCUT2D eigenvalue weighted by Gasteiger charge is 2.23. The lowest BCUT2D eigenvalue weighted by Gasteiger charge is -2.15. The number of carbonyl (C=O) groups excluding carboxylic acids is 1. The molecule has 0 spiro atoms. The molecular formula is C21H23FN4O3. The maximum absolute atomic E-state index is 13.1. The molecule has 2 heterocycles. The van der Waals surface area contributed by atoms with Crippen LogP contribution in [0.1, 0.15) is 53.8 Å². The summed E-state index contributed by atoms with van der Waals surface area (Å²) < 4.78 is 14.9. The van der Waals surface area contributed by atoms with Crippen molar-refractivity contribution in [1.29, 1.82) is 0 Å². The number of halogens is 1. The van der Waals surface area contributed by atoms with E-state index >= 15 is 0 Å². The molecule has 1 amide bonds. The molecule has 2 aromatic heterocycles. The second-order valence-electron chi connectivity index (χ2n) is 7.05. The van der Waals surface area contributed by atoms with Crippen molar-refractivity contribution in [2.45, 2.75) is 39.2 Å². The molecule has 0 fully saturated rings. The molecule has 1 aromatic carbocycles. The number of rotatable bonds is 7. The lowest BCUT2D eigenvalue weighted by atomic mass is 9.99. The number of hydrogen-bond donors (Lipinski definition) is 2. The Morgan fingerprint density at radius 1 is 1.28 bits per heavy atom. The molecule has 0 aliphatic heterocycles. The van der Waals surface area contributed by atoms with Crippen molar-refractivity contribution in [3.63, 3.8) is 0 Å². The SMILES string of the molecule is CCC(C)n1ncc2c(C(=O)NCC(C(=O)O)c3ccc(F)cc3)cc(C)nc21. The summed E-state index contributed by atoms with van der Waals surface area (Å²) in [7, 11) is 0. The Morgan fingerprint density at radius 3 is 2.59 bits per heavy atom. The molecule has 0 aliphatic carbocycles. The van der Waals surface area contributed by atoms with Gasteiger partial charge in [0.2, 0.25) is 0 Å². The molecule has 0 radical (unpaired) electrons. The Kier molecular flexibility index (Phi) is 5.91. The van der Waals surface area contributed by atoms with Crippen LogP contribution in [0, 0.1) is 12.7 Å². The maximum Gasteiger partial charge on any atom is 0.312 e. The van der Waals surface area contributed by atoms with Crippen LogP contribution in [0.5, 0.6) is 0 Å². The van der Waals surface area contributed by atoms with Gasteiger partial charge in [0.15, 0.2) is 5.65 Å². The minimum absolute atomic E-state index is 0.123. The lowest BCUT2D eigenvalue weighted by Crippen LogP contribution is -2.32. The molecule has 0 saturated carbocycles. The molecule has 0 saturated heterocycles. The molecule has 7 nitrogen and oxygen atoms in total. The summed E-state index contributed by atoms with van der Waals surface area (Å²) in [5.74, 6) is -2.94. The minimum Gasteiger partial charge on any atom is -0.481 e. The van der Waals surface area contributed by atoms with Gasteiger partial charge in [0, 0.05) is 12.2 Å². The fraction of sp³-hybridized carbons (Fsp3) is 0.333. The quantitative estimate of drug-likeness (QED) is 0.635. The van der Waals surface area contributed by atoms with Gasteiger partial charge in [0.1, 0.15) is 5.82 Å². The fourth-order valence-corrected chi connectivity index (χ4v) is 3.16. The van der Waals surface area contributed by atoms with Gasteiger partial charge < -0.3 is 10.4 Å². The lowest BCUT2D eigenvalue weighted by molar-refractivity contribution is -0.138. The minimum atomic E-state index is -1.10. The van der Waals surface area contributed by atoms with Crippen LogP contribution in [0.3, 0.4) is 0 Å². The zero-order chi connectivity index (χ0) is 21.1. The molecule has 2 N–H and O–H groups in total. The summed E-state index contributed by atoms with van der Waals surface area (Å²) in [6.45, 7) is 5.74. The second kappa shape index (κ2) is 8.38. The van der Waals surface area contributed by atoms with Crippen molar-refractivity contribution < 1.29 is 19.1 Å². The van der Waals surface area contributed by atoms with Crippen LogP contribution in [0.2, 0.25) is 0 Å². The second-order valence-corrected chi connectivity index (χ2v) is 7.05. The van der Waals surface area contributed by atoms with Crippen molar-refractivity contribution in [3.05, 3.63) is 59.2 Å². The van der Waals surface area contributed by atoms with Gasteiger partial charge in [-0.1, -0.05) is 19.1 Å². The van der Waals surface area contributed by atoms with Crippen LogP contribution in [-0.4, -0.2) is 38.3 Å².